The number of benzene rings is 2. The van der Waals surface area contributed by atoms with Gasteiger partial charge >= 0.3 is 0 Å². The van der Waals surface area contributed by atoms with E-state index in [0.29, 0.717) is 46.5 Å². The van der Waals surface area contributed by atoms with Crippen molar-refractivity contribution in [1.29, 1.82) is 0 Å². The van der Waals surface area contributed by atoms with Crippen LogP contribution in [0, 0.1) is 0 Å². The van der Waals surface area contributed by atoms with Gasteiger partial charge in [-0.3, -0.25) is 9.59 Å². The molecule has 0 amide bonds. The third-order valence-corrected chi connectivity index (χ3v) is 4.72. The van der Waals surface area contributed by atoms with Crippen molar-refractivity contribution in [2.45, 2.75) is 13.0 Å². The smallest absolute Gasteiger partial charge is 0.250 e. The molecule has 0 bridgehead atoms. The van der Waals surface area contributed by atoms with Gasteiger partial charge in [0.05, 0.1) is 11.3 Å². The maximum absolute atomic E-state index is 12.1. The molecule has 26 heavy (non-hydrogen) atoms. The van der Waals surface area contributed by atoms with Crippen LogP contribution in [0.3, 0.4) is 0 Å². The van der Waals surface area contributed by atoms with E-state index in [-0.39, 0.29) is 6.04 Å². The van der Waals surface area contributed by atoms with Crippen LogP contribution in [-0.2, 0) is 0 Å². The molecule has 1 unspecified atom stereocenters. The van der Waals surface area contributed by atoms with Gasteiger partial charge < -0.3 is 14.8 Å². The van der Waals surface area contributed by atoms with Crippen LogP contribution in [0.4, 0.5) is 5.69 Å². The Hall–Kier alpha value is -2.79. The lowest BCUT2D eigenvalue weighted by Gasteiger charge is -2.22. The first-order valence-electron chi connectivity index (χ1n) is 8.30. The van der Waals surface area contributed by atoms with Crippen LogP contribution in [0.2, 0.25) is 5.02 Å². The van der Waals surface area contributed by atoms with Crippen LogP contribution in [0.15, 0.2) is 52.1 Å². The Labute approximate surface area is 154 Å². The zero-order valence-corrected chi connectivity index (χ0v) is 14.8. The minimum absolute atomic E-state index is 0.180. The Kier molecular flexibility index (Phi) is 4.17. The number of hydrogen-bond donors (Lipinski definition) is 1. The van der Waals surface area contributed by atoms with E-state index in [1.165, 1.54) is 0 Å². The number of hydrogen-bond acceptors (Lipinski definition) is 5. The predicted octanol–water partition coefficient (Wildman–Crippen LogP) is 3.55. The van der Waals surface area contributed by atoms with E-state index in [0.717, 1.165) is 5.56 Å². The lowest BCUT2D eigenvalue weighted by molar-refractivity contribution is 0.171. The molecule has 4 rings (SSSR count). The average molecular weight is 370 g/mol. The first kappa shape index (κ1) is 16.7. The topological polar surface area (TPSA) is 64.6 Å². The molecule has 1 atom stereocenters. The highest BCUT2D eigenvalue weighted by molar-refractivity contribution is 6.30. The van der Waals surface area contributed by atoms with Crippen molar-refractivity contribution in [3.8, 4) is 22.6 Å². The van der Waals surface area contributed by atoms with Gasteiger partial charge in [-0.15, -0.1) is 0 Å². The van der Waals surface area contributed by atoms with Crippen LogP contribution < -0.4 is 25.6 Å². The molecular weight excluding hydrogens is 354 g/mol. The van der Waals surface area contributed by atoms with Crippen LogP contribution in [0.5, 0.6) is 11.5 Å². The quantitative estimate of drug-likeness (QED) is 0.712. The highest BCUT2D eigenvalue weighted by Crippen LogP contribution is 2.34. The number of halogens is 1. The Bertz CT molecular complexity index is 1040. The zero-order chi connectivity index (χ0) is 18.3. The SMILES string of the molecule is CC(Nc1c(-c2ccc(Cl)cc2)c(=O)c1=O)c1ccc2c(c1)OCCO2. The number of nitrogens with one attached hydrogen (secondary N) is 1. The normalized spacial score (nSPS) is 14.2. The number of anilines is 1. The van der Waals surface area contributed by atoms with Crippen molar-refractivity contribution in [2.24, 2.45) is 0 Å². The minimum atomic E-state index is -0.501. The molecule has 1 aliphatic rings. The Morgan fingerprint density at radius 3 is 2.38 bits per heavy atom. The maximum Gasteiger partial charge on any atom is 0.250 e. The fourth-order valence-electron chi connectivity index (χ4n) is 3.05. The first-order valence-corrected chi connectivity index (χ1v) is 8.67. The molecule has 0 fully saturated rings. The lowest BCUT2D eigenvalue weighted by atomic mass is 9.97. The molecule has 6 heteroatoms. The molecule has 0 aliphatic carbocycles. The first-order chi connectivity index (χ1) is 12.5. The molecule has 132 valence electrons. The van der Waals surface area contributed by atoms with E-state index >= 15 is 0 Å². The number of fused-ring (bicyclic) bond motifs is 1. The summed E-state index contributed by atoms with van der Waals surface area (Å²) in [7, 11) is 0. The molecule has 0 radical (unpaired) electrons. The summed E-state index contributed by atoms with van der Waals surface area (Å²) in [6, 6.07) is 12.3. The van der Waals surface area contributed by atoms with E-state index in [9.17, 15) is 9.59 Å². The van der Waals surface area contributed by atoms with E-state index in [4.69, 9.17) is 21.1 Å². The number of rotatable bonds is 4. The molecule has 1 N–H and O–H groups in total. The summed E-state index contributed by atoms with van der Waals surface area (Å²) in [6.45, 7) is 2.97. The molecule has 0 saturated heterocycles. The standard InChI is InChI=1S/C20H16ClNO4/c1-11(13-4-7-15-16(10-13)26-9-8-25-15)22-18-17(19(23)20(18)24)12-2-5-14(21)6-3-12/h2-7,10-11,22H,8-9H2,1H3. The van der Waals surface area contributed by atoms with Crippen LogP contribution >= 0.6 is 11.6 Å². The van der Waals surface area contributed by atoms with E-state index in [2.05, 4.69) is 5.32 Å². The fourth-order valence-corrected chi connectivity index (χ4v) is 3.18. The van der Waals surface area contributed by atoms with Gasteiger partial charge in [0.2, 0.25) is 10.9 Å². The van der Waals surface area contributed by atoms with Gasteiger partial charge in [-0.25, -0.2) is 0 Å². The van der Waals surface area contributed by atoms with E-state index in [1.54, 1.807) is 24.3 Å². The van der Waals surface area contributed by atoms with Gasteiger partial charge in [-0.1, -0.05) is 29.8 Å². The molecule has 5 nitrogen and oxygen atoms in total. The predicted molar refractivity (Wildman–Crippen MR) is 101 cm³/mol. The molecule has 1 heterocycles. The Morgan fingerprint density at radius 2 is 1.65 bits per heavy atom. The van der Waals surface area contributed by atoms with Gasteiger partial charge in [-0.2, -0.15) is 0 Å². The monoisotopic (exact) mass is 369 g/mol. The minimum Gasteiger partial charge on any atom is -0.486 e. The molecule has 0 aromatic heterocycles. The molecular formula is C20H16ClNO4. The van der Waals surface area contributed by atoms with Crippen molar-refractivity contribution < 1.29 is 9.47 Å². The van der Waals surface area contributed by atoms with Crippen molar-refractivity contribution in [3.05, 3.63) is 73.5 Å². The average Bonchev–Trinajstić information content (AvgIpc) is 2.68. The molecule has 0 saturated carbocycles. The second kappa shape index (κ2) is 6.50. The van der Waals surface area contributed by atoms with Crippen LogP contribution in [0.25, 0.3) is 11.1 Å². The van der Waals surface area contributed by atoms with Crippen molar-refractivity contribution >= 4 is 17.3 Å². The molecule has 3 aromatic carbocycles. The summed E-state index contributed by atoms with van der Waals surface area (Å²) < 4.78 is 11.1. The van der Waals surface area contributed by atoms with Crippen LogP contribution in [-0.4, -0.2) is 13.2 Å². The zero-order valence-electron chi connectivity index (χ0n) is 14.0. The second-order valence-corrected chi connectivity index (χ2v) is 6.62. The summed E-state index contributed by atoms with van der Waals surface area (Å²) in [5, 5.41) is 3.74. The molecule has 3 aromatic rings. The molecule has 0 spiro atoms. The third-order valence-electron chi connectivity index (χ3n) is 4.47. The summed E-state index contributed by atoms with van der Waals surface area (Å²) in [5.41, 5.74) is 1.36. The van der Waals surface area contributed by atoms with Crippen LogP contribution in [0.1, 0.15) is 18.5 Å². The second-order valence-electron chi connectivity index (χ2n) is 6.18. The van der Waals surface area contributed by atoms with Crippen molar-refractivity contribution in [2.75, 3.05) is 18.5 Å². The van der Waals surface area contributed by atoms with E-state index in [1.807, 2.05) is 25.1 Å². The highest BCUT2D eigenvalue weighted by Gasteiger charge is 2.24. The maximum atomic E-state index is 12.1. The van der Waals surface area contributed by atoms with E-state index < -0.39 is 10.9 Å². The van der Waals surface area contributed by atoms with Crippen molar-refractivity contribution in [3.63, 3.8) is 0 Å². The van der Waals surface area contributed by atoms with Gasteiger partial charge in [0.25, 0.3) is 0 Å². The van der Waals surface area contributed by atoms with Gasteiger partial charge in [0.1, 0.15) is 13.2 Å². The summed E-state index contributed by atoms with van der Waals surface area (Å²) in [6.07, 6.45) is 0. The number of ether oxygens (including phenoxy) is 2. The largest absolute Gasteiger partial charge is 0.486 e. The summed E-state index contributed by atoms with van der Waals surface area (Å²) >= 11 is 5.90. The van der Waals surface area contributed by atoms with Gasteiger partial charge in [0.15, 0.2) is 11.5 Å². The summed E-state index contributed by atoms with van der Waals surface area (Å²) in [5.74, 6) is 1.40. The van der Waals surface area contributed by atoms with Gasteiger partial charge in [0, 0.05) is 11.1 Å². The Balaban J connectivity index is 1.62. The lowest BCUT2D eigenvalue weighted by Crippen LogP contribution is -2.36. The highest BCUT2D eigenvalue weighted by atomic mass is 35.5. The third kappa shape index (κ3) is 2.84. The summed E-state index contributed by atoms with van der Waals surface area (Å²) in [4.78, 5) is 24.1. The Morgan fingerprint density at radius 1 is 0.962 bits per heavy atom. The van der Waals surface area contributed by atoms with Gasteiger partial charge in [-0.05, 0) is 42.3 Å². The van der Waals surface area contributed by atoms with Crippen molar-refractivity contribution in [1.82, 2.24) is 0 Å². The fraction of sp³-hybridized carbons (Fsp3) is 0.200. The molecule has 1 aliphatic heterocycles.